The van der Waals surface area contributed by atoms with E-state index in [9.17, 15) is 27.5 Å². The highest BCUT2D eigenvalue weighted by molar-refractivity contribution is 5.98. The molecule has 0 aromatic rings. The monoisotopic (exact) mass is 493 g/mol. The molecule has 34 heavy (non-hydrogen) atoms. The number of carbonyl (C=O) groups excluding carboxylic acids is 1. The number of hydrogen-bond donors (Lipinski definition) is 6. The molecule has 13 heteroatoms. The van der Waals surface area contributed by atoms with Gasteiger partial charge in [-0.3, -0.25) is 15.5 Å². The van der Waals surface area contributed by atoms with Crippen molar-refractivity contribution in [3.05, 3.63) is 0 Å². The maximum Gasteiger partial charge on any atom is 0.405 e. The van der Waals surface area contributed by atoms with E-state index in [0.717, 1.165) is 25.7 Å². The number of amides is 1. The second-order valence-corrected chi connectivity index (χ2v) is 10.0. The fraction of sp³-hybridized carbons (Fsp3) is 0.905. The summed E-state index contributed by atoms with van der Waals surface area (Å²) in [4.78, 5) is 17.5. The van der Waals surface area contributed by atoms with Crippen LogP contribution in [0, 0.1) is 11.8 Å². The number of guanidine groups is 1. The summed E-state index contributed by atoms with van der Waals surface area (Å²) in [5.41, 5.74) is 8.50. The first kappa shape index (κ1) is 25.5. The molecule has 2 aliphatic carbocycles. The van der Waals surface area contributed by atoms with Crippen molar-refractivity contribution >= 4 is 11.9 Å². The third kappa shape index (κ3) is 6.17. The maximum absolute atomic E-state index is 14.0. The van der Waals surface area contributed by atoms with E-state index in [1.54, 1.807) is 0 Å². The molecule has 2 heterocycles. The van der Waals surface area contributed by atoms with Crippen molar-refractivity contribution in [1.82, 2.24) is 31.9 Å². The summed E-state index contributed by atoms with van der Waals surface area (Å²) in [7, 11) is 1.47. The third-order valence-corrected chi connectivity index (χ3v) is 7.40. The average molecular weight is 494 g/mol. The summed E-state index contributed by atoms with van der Waals surface area (Å²) >= 11 is 0. The van der Waals surface area contributed by atoms with Gasteiger partial charge in [-0.15, -0.1) is 0 Å². The van der Waals surface area contributed by atoms with Gasteiger partial charge in [0.2, 0.25) is 5.91 Å². The first-order chi connectivity index (χ1) is 16.1. The molecule has 6 N–H and O–H groups in total. The Kier molecular flexibility index (Phi) is 7.97. The molecule has 7 unspecified atom stereocenters. The highest BCUT2D eigenvalue weighted by Gasteiger charge is 2.52. The highest BCUT2D eigenvalue weighted by Crippen LogP contribution is 2.32. The van der Waals surface area contributed by atoms with Crippen LogP contribution in [0.5, 0.6) is 0 Å². The van der Waals surface area contributed by atoms with E-state index in [2.05, 4.69) is 31.9 Å². The van der Waals surface area contributed by atoms with Crippen LogP contribution in [0.15, 0.2) is 4.99 Å². The quantitative estimate of drug-likeness (QED) is 0.194. The number of nitrogens with zero attached hydrogens (tertiary/aromatic N) is 2. The standard InChI is InChI=1S/C21H35F4N7O2/c1-32-10-13(18(31-32)21(23,24)25)19(34)28-20(26-12-4-2-3-5-12)27-17-9-15(29-30-17)11-6-7-16(33)14(22)8-11/h11-18,29-31,33H,2-10H2,1H3,(H2,26,27,28,34). The normalized spacial score (nSPS) is 38.4. The van der Waals surface area contributed by atoms with E-state index in [1.165, 1.54) is 12.1 Å². The van der Waals surface area contributed by atoms with Crippen LogP contribution in [0.25, 0.3) is 0 Å². The molecule has 4 fully saturated rings. The molecular formula is C21H35F4N7O2. The molecule has 4 aliphatic rings. The number of hydrogen-bond acceptors (Lipinski definition) is 7. The topological polar surface area (TPSA) is 113 Å². The van der Waals surface area contributed by atoms with Crippen molar-refractivity contribution in [2.45, 2.75) is 94.1 Å². The average Bonchev–Trinajstić information content (AvgIpc) is 3.51. The Bertz CT molecular complexity index is 749. The fourth-order valence-corrected chi connectivity index (χ4v) is 5.50. The molecule has 4 rings (SSSR count). The summed E-state index contributed by atoms with van der Waals surface area (Å²) in [6.45, 7) is -0.0735. The lowest BCUT2D eigenvalue weighted by atomic mass is 9.81. The molecule has 0 radical (unpaired) electrons. The Morgan fingerprint density at radius 3 is 2.53 bits per heavy atom. The molecule has 9 nitrogen and oxygen atoms in total. The molecule has 0 spiro atoms. The Labute approximate surface area is 196 Å². The minimum atomic E-state index is -4.56. The number of carbonyl (C=O) groups is 1. The largest absolute Gasteiger partial charge is 0.405 e. The summed E-state index contributed by atoms with van der Waals surface area (Å²) in [5.74, 6) is -1.85. The summed E-state index contributed by atoms with van der Waals surface area (Å²) in [5, 5.41) is 16.7. The van der Waals surface area contributed by atoms with Gasteiger partial charge in [-0.2, -0.15) is 13.2 Å². The van der Waals surface area contributed by atoms with Crippen LogP contribution in [0.3, 0.4) is 0 Å². The molecule has 2 saturated heterocycles. The summed E-state index contributed by atoms with van der Waals surface area (Å²) in [6.07, 6.45) is -1.37. The fourth-order valence-electron chi connectivity index (χ4n) is 5.50. The van der Waals surface area contributed by atoms with E-state index in [1.807, 2.05) is 0 Å². The summed E-state index contributed by atoms with van der Waals surface area (Å²) in [6, 6.07) is -1.92. The molecule has 0 bridgehead atoms. The van der Waals surface area contributed by atoms with E-state index in [0.29, 0.717) is 19.3 Å². The predicted octanol–water partition coefficient (Wildman–Crippen LogP) is 0.680. The zero-order valence-corrected chi connectivity index (χ0v) is 19.2. The number of halogens is 4. The minimum Gasteiger partial charge on any atom is -0.390 e. The lowest BCUT2D eigenvalue weighted by Crippen LogP contribution is -2.52. The first-order valence-electron chi connectivity index (χ1n) is 12.1. The molecule has 1 amide bonds. The lowest BCUT2D eigenvalue weighted by Gasteiger charge is -2.32. The van der Waals surface area contributed by atoms with Gasteiger partial charge in [0.25, 0.3) is 0 Å². The third-order valence-electron chi connectivity index (χ3n) is 7.40. The molecule has 194 valence electrons. The molecule has 2 saturated carbocycles. The summed E-state index contributed by atoms with van der Waals surface area (Å²) < 4.78 is 54.3. The number of hydrazine groups is 2. The van der Waals surface area contributed by atoms with Crippen LogP contribution in [-0.2, 0) is 4.79 Å². The van der Waals surface area contributed by atoms with Gasteiger partial charge >= 0.3 is 6.18 Å². The molecule has 2 aliphatic heterocycles. The van der Waals surface area contributed by atoms with Gasteiger partial charge in [0.15, 0.2) is 5.96 Å². The number of aliphatic imine (C=N–C) groups is 1. The number of nitrogens with one attached hydrogen (secondary N) is 5. The van der Waals surface area contributed by atoms with Crippen molar-refractivity contribution < 1.29 is 27.5 Å². The lowest BCUT2D eigenvalue weighted by molar-refractivity contribution is -0.168. The van der Waals surface area contributed by atoms with E-state index in [-0.39, 0.29) is 36.9 Å². The van der Waals surface area contributed by atoms with Crippen LogP contribution in [0.1, 0.15) is 51.4 Å². The maximum atomic E-state index is 14.0. The number of aliphatic hydroxyl groups excluding tert-OH is 1. The van der Waals surface area contributed by atoms with Crippen LogP contribution in [0.4, 0.5) is 17.6 Å². The second-order valence-electron chi connectivity index (χ2n) is 10.0. The van der Waals surface area contributed by atoms with Gasteiger partial charge < -0.3 is 10.4 Å². The van der Waals surface area contributed by atoms with Crippen LogP contribution in [0.2, 0.25) is 0 Å². The minimum absolute atomic E-state index is 0.0413. The van der Waals surface area contributed by atoms with Crippen molar-refractivity contribution in [2.24, 2.45) is 16.8 Å². The Morgan fingerprint density at radius 1 is 1.12 bits per heavy atom. The predicted molar refractivity (Wildman–Crippen MR) is 117 cm³/mol. The van der Waals surface area contributed by atoms with Gasteiger partial charge in [-0.05, 0) is 38.0 Å². The SMILES string of the molecule is CN1CC(C(=O)N/C(=N/C2CC(C3CCC(O)C(F)C3)NN2)NC2CCCC2)C(C(F)(F)F)N1. The molecule has 0 aromatic heterocycles. The Balaban J connectivity index is 1.42. The molecule has 7 atom stereocenters. The van der Waals surface area contributed by atoms with Crippen molar-refractivity contribution in [3.63, 3.8) is 0 Å². The van der Waals surface area contributed by atoms with Gasteiger partial charge in [-0.1, -0.05) is 12.8 Å². The van der Waals surface area contributed by atoms with E-state index < -0.39 is 42.5 Å². The van der Waals surface area contributed by atoms with Crippen LogP contribution >= 0.6 is 0 Å². The number of rotatable bonds is 4. The van der Waals surface area contributed by atoms with Crippen LogP contribution in [-0.4, -0.2) is 78.3 Å². The van der Waals surface area contributed by atoms with Crippen LogP contribution < -0.4 is 26.9 Å². The molecule has 0 aromatic carbocycles. The number of alkyl halides is 4. The Morgan fingerprint density at radius 2 is 1.85 bits per heavy atom. The molecular weight excluding hydrogens is 458 g/mol. The van der Waals surface area contributed by atoms with Crippen molar-refractivity contribution in [1.29, 1.82) is 0 Å². The Hall–Kier alpha value is -1.54. The smallest absolute Gasteiger partial charge is 0.390 e. The van der Waals surface area contributed by atoms with E-state index in [4.69, 9.17) is 0 Å². The van der Waals surface area contributed by atoms with E-state index >= 15 is 0 Å². The van der Waals surface area contributed by atoms with Crippen molar-refractivity contribution in [2.75, 3.05) is 13.6 Å². The highest BCUT2D eigenvalue weighted by atomic mass is 19.4. The van der Waals surface area contributed by atoms with Gasteiger partial charge in [0.05, 0.1) is 12.0 Å². The zero-order chi connectivity index (χ0) is 24.5. The second kappa shape index (κ2) is 10.6. The van der Waals surface area contributed by atoms with Gasteiger partial charge in [0.1, 0.15) is 18.4 Å². The van der Waals surface area contributed by atoms with Gasteiger partial charge in [0, 0.05) is 32.1 Å². The number of aliphatic hydroxyl groups is 1. The zero-order valence-electron chi connectivity index (χ0n) is 19.2. The first-order valence-corrected chi connectivity index (χ1v) is 12.1. The van der Waals surface area contributed by atoms with Crippen molar-refractivity contribution in [3.8, 4) is 0 Å². The van der Waals surface area contributed by atoms with Gasteiger partial charge in [-0.25, -0.2) is 25.2 Å².